The Kier molecular flexibility index (Phi) is 5.44. The zero-order valence-corrected chi connectivity index (χ0v) is 12.7. The van der Waals surface area contributed by atoms with Crippen molar-refractivity contribution in [3.63, 3.8) is 0 Å². The molecule has 3 nitrogen and oxygen atoms in total. The molecule has 1 atom stereocenters. The Hall–Kier alpha value is -1.06. The molecule has 0 bridgehead atoms. The van der Waals surface area contributed by atoms with Crippen molar-refractivity contribution >= 4 is 0 Å². The monoisotopic (exact) mass is 277 g/mol. The summed E-state index contributed by atoms with van der Waals surface area (Å²) in [5.74, 6) is 0.996. The summed E-state index contributed by atoms with van der Waals surface area (Å²) < 4.78 is 5.88. The van der Waals surface area contributed by atoms with Crippen LogP contribution in [0.5, 0.6) is 5.75 Å². The van der Waals surface area contributed by atoms with E-state index in [1.54, 1.807) is 0 Å². The fourth-order valence-electron chi connectivity index (χ4n) is 2.50. The smallest absolute Gasteiger partial charge is 0.122 e. The summed E-state index contributed by atoms with van der Waals surface area (Å²) in [7, 11) is 0. The van der Waals surface area contributed by atoms with Gasteiger partial charge in [0.1, 0.15) is 5.75 Å². The van der Waals surface area contributed by atoms with E-state index in [1.165, 1.54) is 18.4 Å². The molecule has 0 aliphatic heterocycles. The molecule has 0 radical (unpaired) electrons. The molecule has 0 aromatic heterocycles. The van der Waals surface area contributed by atoms with E-state index < -0.39 is 0 Å². The largest absolute Gasteiger partial charge is 0.493 e. The summed E-state index contributed by atoms with van der Waals surface area (Å²) in [4.78, 5) is 0. The fourth-order valence-corrected chi connectivity index (χ4v) is 2.50. The van der Waals surface area contributed by atoms with Gasteiger partial charge in [0.2, 0.25) is 0 Å². The topological polar surface area (TPSA) is 41.5 Å². The van der Waals surface area contributed by atoms with E-state index >= 15 is 0 Å². The van der Waals surface area contributed by atoms with E-state index in [9.17, 15) is 5.11 Å². The molecule has 1 aromatic rings. The highest BCUT2D eigenvalue weighted by Crippen LogP contribution is 2.25. The van der Waals surface area contributed by atoms with Crippen molar-refractivity contribution in [2.75, 3.05) is 13.2 Å². The van der Waals surface area contributed by atoms with Crippen LogP contribution >= 0.6 is 0 Å². The van der Waals surface area contributed by atoms with Gasteiger partial charge in [0.15, 0.2) is 0 Å². The molecule has 0 spiro atoms. The van der Waals surface area contributed by atoms with Crippen LogP contribution in [-0.2, 0) is 6.42 Å². The van der Waals surface area contributed by atoms with Crippen molar-refractivity contribution in [3.8, 4) is 5.75 Å². The quantitative estimate of drug-likeness (QED) is 0.682. The van der Waals surface area contributed by atoms with Gasteiger partial charge in [0.25, 0.3) is 0 Å². The molecule has 1 aromatic carbocycles. The molecule has 1 saturated carbocycles. The van der Waals surface area contributed by atoms with Crippen LogP contribution < -0.4 is 10.1 Å². The van der Waals surface area contributed by atoms with Crippen molar-refractivity contribution in [2.24, 2.45) is 0 Å². The second kappa shape index (κ2) is 7.09. The summed E-state index contributed by atoms with van der Waals surface area (Å²) in [5, 5.41) is 13.1. The third-order valence-electron chi connectivity index (χ3n) is 3.96. The van der Waals surface area contributed by atoms with Crippen molar-refractivity contribution < 1.29 is 9.84 Å². The third kappa shape index (κ3) is 4.50. The lowest BCUT2D eigenvalue weighted by Crippen LogP contribution is -2.47. The van der Waals surface area contributed by atoms with Crippen LogP contribution in [0.25, 0.3) is 0 Å². The Morgan fingerprint density at radius 3 is 2.75 bits per heavy atom. The number of benzene rings is 1. The predicted molar refractivity (Wildman–Crippen MR) is 82.2 cm³/mol. The first-order valence-electron chi connectivity index (χ1n) is 7.76. The molecule has 2 N–H and O–H groups in total. The lowest BCUT2D eigenvalue weighted by atomic mass is 9.97. The van der Waals surface area contributed by atoms with Crippen LogP contribution in [0, 0.1) is 0 Å². The highest BCUT2D eigenvalue weighted by molar-refractivity contribution is 5.33. The average Bonchev–Trinajstić information content (AvgIpc) is 3.28. The number of nitrogens with one attached hydrogen (secondary N) is 1. The van der Waals surface area contributed by atoms with Gasteiger partial charge in [0.05, 0.1) is 13.2 Å². The van der Waals surface area contributed by atoms with Crippen molar-refractivity contribution in [1.29, 1.82) is 0 Å². The Balaban J connectivity index is 1.74. The highest BCUT2D eigenvalue weighted by Gasteiger charge is 2.31. The van der Waals surface area contributed by atoms with E-state index in [0.29, 0.717) is 12.6 Å². The Labute approximate surface area is 122 Å². The van der Waals surface area contributed by atoms with Gasteiger partial charge < -0.3 is 15.2 Å². The molecule has 1 aliphatic carbocycles. The molecule has 1 aliphatic rings. The second-order valence-electron chi connectivity index (χ2n) is 6.05. The zero-order chi connectivity index (χ0) is 14.4. The molecular formula is C17H27NO2. The van der Waals surface area contributed by atoms with Gasteiger partial charge in [0, 0.05) is 11.6 Å². The Morgan fingerprint density at radius 2 is 2.10 bits per heavy atom. The number of ether oxygens (including phenoxy) is 1. The van der Waals surface area contributed by atoms with E-state index in [-0.39, 0.29) is 12.1 Å². The molecule has 1 unspecified atom stereocenters. The van der Waals surface area contributed by atoms with E-state index in [4.69, 9.17) is 4.74 Å². The third-order valence-corrected chi connectivity index (χ3v) is 3.96. The van der Waals surface area contributed by atoms with Crippen LogP contribution in [0.1, 0.15) is 45.1 Å². The van der Waals surface area contributed by atoms with Gasteiger partial charge in [-0.1, -0.05) is 25.1 Å². The highest BCUT2D eigenvalue weighted by atomic mass is 16.5. The first-order valence-corrected chi connectivity index (χ1v) is 7.76. The number of aliphatic hydroxyl groups is 1. The van der Waals surface area contributed by atoms with Crippen LogP contribution in [0.2, 0.25) is 0 Å². The number of rotatable bonds is 9. The predicted octanol–water partition coefficient (Wildman–Crippen LogP) is 2.91. The van der Waals surface area contributed by atoms with Gasteiger partial charge in [-0.25, -0.2) is 0 Å². The average molecular weight is 277 g/mol. The van der Waals surface area contributed by atoms with Gasteiger partial charge in [-0.15, -0.1) is 0 Å². The van der Waals surface area contributed by atoms with Crippen molar-refractivity contribution in [3.05, 3.63) is 29.8 Å². The van der Waals surface area contributed by atoms with Crippen LogP contribution in [0.15, 0.2) is 24.3 Å². The molecule has 20 heavy (non-hydrogen) atoms. The maximum Gasteiger partial charge on any atom is 0.122 e. The van der Waals surface area contributed by atoms with Gasteiger partial charge in [-0.3, -0.25) is 0 Å². The first-order chi connectivity index (χ1) is 9.67. The number of hydrogen-bond donors (Lipinski definition) is 2. The zero-order valence-electron chi connectivity index (χ0n) is 12.7. The van der Waals surface area contributed by atoms with Crippen LogP contribution in [0.4, 0.5) is 0 Å². The maximum atomic E-state index is 9.56. The summed E-state index contributed by atoms with van der Waals surface area (Å²) >= 11 is 0. The minimum Gasteiger partial charge on any atom is -0.493 e. The summed E-state index contributed by atoms with van der Waals surface area (Å²) in [6.07, 6.45) is 5.38. The second-order valence-corrected chi connectivity index (χ2v) is 6.05. The van der Waals surface area contributed by atoms with E-state index in [2.05, 4.69) is 25.2 Å². The van der Waals surface area contributed by atoms with Gasteiger partial charge in [-0.2, -0.15) is 0 Å². The Morgan fingerprint density at radius 1 is 1.35 bits per heavy atom. The standard InChI is InChI=1S/C17H27NO2/c1-3-14-7-4-5-8-16(14)20-12-6-11-17(2,13-19)18-15-9-10-15/h4-5,7-8,15,18-19H,3,6,9-13H2,1-2H3. The number of para-hydroxylation sites is 1. The van der Waals surface area contributed by atoms with Gasteiger partial charge >= 0.3 is 0 Å². The molecular weight excluding hydrogens is 250 g/mol. The van der Waals surface area contributed by atoms with Crippen molar-refractivity contribution in [2.45, 2.75) is 57.5 Å². The van der Waals surface area contributed by atoms with E-state index in [1.807, 2.05) is 18.2 Å². The van der Waals surface area contributed by atoms with Crippen molar-refractivity contribution in [1.82, 2.24) is 5.32 Å². The molecule has 1 fully saturated rings. The maximum absolute atomic E-state index is 9.56. The summed E-state index contributed by atoms with van der Waals surface area (Å²) in [6.45, 7) is 5.14. The van der Waals surface area contributed by atoms with Gasteiger partial charge in [-0.05, 0) is 50.7 Å². The molecule has 112 valence electrons. The normalized spacial score (nSPS) is 17.8. The first kappa shape index (κ1) is 15.3. The lowest BCUT2D eigenvalue weighted by Gasteiger charge is -2.29. The summed E-state index contributed by atoms with van der Waals surface area (Å²) in [5.41, 5.74) is 1.10. The molecule has 3 heteroatoms. The molecule has 0 saturated heterocycles. The fraction of sp³-hybridized carbons (Fsp3) is 0.647. The van der Waals surface area contributed by atoms with Crippen LogP contribution in [0.3, 0.4) is 0 Å². The van der Waals surface area contributed by atoms with Crippen LogP contribution in [-0.4, -0.2) is 29.9 Å². The van der Waals surface area contributed by atoms with E-state index in [0.717, 1.165) is 25.0 Å². The Bertz CT molecular complexity index is 417. The number of aryl methyl sites for hydroxylation is 1. The number of hydrogen-bond acceptors (Lipinski definition) is 3. The number of aliphatic hydroxyl groups excluding tert-OH is 1. The molecule has 0 amide bonds. The minimum atomic E-state index is -0.158. The molecule has 0 heterocycles. The lowest BCUT2D eigenvalue weighted by molar-refractivity contribution is 0.154. The minimum absolute atomic E-state index is 0.158. The summed E-state index contributed by atoms with van der Waals surface area (Å²) in [6, 6.07) is 8.83. The molecule has 2 rings (SSSR count). The SMILES string of the molecule is CCc1ccccc1OCCCC(C)(CO)NC1CC1.